The highest BCUT2D eigenvalue weighted by molar-refractivity contribution is 5.69. The van der Waals surface area contributed by atoms with Gasteiger partial charge >= 0.3 is 0 Å². The van der Waals surface area contributed by atoms with Crippen molar-refractivity contribution < 1.29 is 18.9 Å². The van der Waals surface area contributed by atoms with E-state index < -0.39 is 0 Å². The number of rotatable bonds is 11. The normalized spacial score (nSPS) is 10.7. The molecule has 0 spiro atoms. The SMILES string of the molecule is COc1ccc(CCc2cc(OC)cc(-c3cc(CCc4ccc(OC)cc4)cc(OC)c3)c2)cc1. The van der Waals surface area contributed by atoms with Gasteiger partial charge in [-0.25, -0.2) is 0 Å². The van der Waals surface area contributed by atoms with Gasteiger partial charge in [0.05, 0.1) is 28.4 Å². The minimum atomic E-state index is 0.861. The Kier molecular flexibility index (Phi) is 8.51. The summed E-state index contributed by atoms with van der Waals surface area (Å²) in [4.78, 5) is 0. The Labute approximate surface area is 214 Å². The molecule has 4 heteroatoms. The molecule has 0 radical (unpaired) electrons. The van der Waals surface area contributed by atoms with E-state index in [1.807, 2.05) is 24.3 Å². The fourth-order valence-electron chi connectivity index (χ4n) is 4.34. The first-order valence-electron chi connectivity index (χ1n) is 12.2. The summed E-state index contributed by atoms with van der Waals surface area (Å²) in [6.45, 7) is 0. The Bertz CT molecular complexity index is 1160. The average molecular weight is 483 g/mol. The number of aryl methyl sites for hydroxylation is 4. The number of hydrogen-bond donors (Lipinski definition) is 0. The lowest BCUT2D eigenvalue weighted by atomic mass is 9.96. The Hall–Kier alpha value is -3.92. The largest absolute Gasteiger partial charge is 0.497 e. The Balaban J connectivity index is 1.54. The van der Waals surface area contributed by atoms with Gasteiger partial charge in [0.15, 0.2) is 0 Å². The summed E-state index contributed by atoms with van der Waals surface area (Å²) in [6, 6.07) is 29.5. The van der Waals surface area contributed by atoms with Crippen molar-refractivity contribution in [3.63, 3.8) is 0 Å². The quantitative estimate of drug-likeness (QED) is 0.232. The van der Waals surface area contributed by atoms with Crippen LogP contribution >= 0.6 is 0 Å². The van der Waals surface area contributed by atoms with Crippen LogP contribution in [0.25, 0.3) is 11.1 Å². The summed E-state index contributed by atoms with van der Waals surface area (Å²) in [5.41, 5.74) is 7.29. The smallest absolute Gasteiger partial charge is 0.119 e. The van der Waals surface area contributed by atoms with Crippen molar-refractivity contribution in [2.45, 2.75) is 25.7 Å². The van der Waals surface area contributed by atoms with E-state index in [-0.39, 0.29) is 0 Å². The van der Waals surface area contributed by atoms with Gasteiger partial charge in [0, 0.05) is 0 Å². The minimum Gasteiger partial charge on any atom is -0.497 e. The van der Waals surface area contributed by atoms with Crippen molar-refractivity contribution in [2.75, 3.05) is 28.4 Å². The first-order valence-corrected chi connectivity index (χ1v) is 12.2. The first-order chi connectivity index (χ1) is 17.6. The van der Waals surface area contributed by atoms with Crippen LogP contribution < -0.4 is 18.9 Å². The predicted octanol–water partition coefficient (Wildman–Crippen LogP) is 6.96. The fraction of sp³-hybridized carbons (Fsp3) is 0.250. The molecule has 4 aromatic carbocycles. The molecule has 0 unspecified atom stereocenters. The molecule has 0 N–H and O–H groups in total. The Morgan fingerprint density at radius 1 is 0.361 bits per heavy atom. The first kappa shape index (κ1) is 25.2. The van der Waals surface area contributed by atoms with Crippen LogP contribution in [-0.2, 0) is 25.7 Å². The molecule has 4 nitrogen and oxygen atoms in total. The van der Waals surface area contributed by atoms with Crippen LogP contribution in [0, 0.1) is 0 Å². The molecule has 4 rings (SSSR count). The van der Waals surface area contributed by atoms with E-state index in [9.17, 15) is 0 Å². The lowest BCUT2D eigenvalue weighted by molar-refractivity contribution is 0.413. The maximum absolute atomic E-state index is 5.65. The van der Waals surface area contributed by atoms with Crippen LogP contribution in [0.1, 0.15) is 22.3 Å². The van der Waals surface area contributed by atoms with Gasteiger partial charge in [-0.2, -0.15) is 0 Å². The van der Waals surface area contributed by atoms with E-state index >= 15 is 0 Å². The Morgan fingerprint density at radius 3 is 1.03 bits per heavy atom. The third-order valence-electron chi connectivity index (χ3n) is 6.46. The molecule has 0 fully saturated rings. The number of methoxy groups -OCH3 is 4. The topological polar surface area (TPSA) is 36.9 Å². The highest BCUT2D eigenvalue weighted by atomic mass is 16.5. The summed E-state index contributed by atoms with van der Waals surface area (Å²) in [7, 11) is 6.82. The van der Waals surface area contributed by atoms with Crippen LogP contribution in [0.2, 0.25) is 0 Å². The molecule has 0 atom stereocenters. The van der Waals surface area contributed by atoms with Crippen molar-refractivity contribution in [1.29, 1.82) is 0 Å². The lowest BCUT2D eigenvalue weighted by Crippen LogP contribution is -1.96. The van der Waals surface area contributed by atoms with E-state index in [1.54, 1.807) is 28.4 Å². The summed E-state index contributed by atoms with van der Waals surface area (Å²) in [6.07, 6.45) is 3.74. The molecule has 186 valence electrons. The molecule has 0 aliphatic carbocycles. The van der Waals surface area contributed by atoms with Gasteiger partial charge in [0.25, 0.3) is 0 Å². The zero-order valence-corrected chi connectivity index (χ0v) is 21.5. The minimum absolute atomic E-state index is 0.861. The maximum atomic E-state index is 5.65. The molecule has 0 saturated carbocycles. The van der Waals surface area contributed by atoms with E-state index in [2.05, 4.69) is 60.7 Å². The summed E-state index contributed by atoms with van der Waals surface area (Å²) in [5.74, 6) is 3.48. The standard InChI is InChI=1S/C32H34O4/c1-33-29-13-9-23(10-14-29)5-7-25-17-27(21-31(19-25)35-3)28-18-26(20-32(22-28)36-4)8-6-24-11-15-30(34-2)16-12-24/h9-22H,5-8H2,1-4H3. The molecule has 0 bridgehead atoms. The van der Waals surface area contributed by atoms with E-state index in [4.69, 9.17) is 18.9 Å². The van der Waals surface area contributed by atoms with E-state index in [1.165, 1.54) is 22.3 Å². The van der Waals surface area contributed by atoms with Crippen molar-refractivity contribution in [3.8, 4) is 34.1 Å². The van der Waals surface area contributed by atoms with Gasteiger partial charge in [-0.3, -0.25) is 0 Å². The molecule has 0 saturated heterocycles. The molecule has 0 aliphatic rings. The fourth-order valence-corrected chi connectivity index (χ4v) is 4.34. The van der Waals surface area contributed by atoms with Gasteiger partial charge in [0.1, 0.15) is 23.0 Å². The average Bonchev–Trinajstić information content (AvgIpc) is 2.95. The third-order valence-corrected chi connectivity index (χ3v) is 6.46. The molecular formula is C32H34O4. The van der Waals surface area contributed by atoms with E-state index in [0.29, 0.717) is 0 Å². The van der Waals surface area contributed by atoms with Crippen molar-refractivity contribution in [2.24, 2.45) is 0 Å². The molecule has 36 heavy (non-hydrogen) atoms. The highest BCUT2D eigenvalue weighted by Crippen LogP contribution is 2.31. The predicted molar refractivity (Wildman–Crippen MR) is 146 cm³/mol. The van der Waals surface area contributed by atoms with Gasteiger partial charge < -0.3 is 18.9 Å². The second-order valence-corrected chi connectivity index (χ2v) is 8.84. The van der Waals surface area contributed by atoms with Gasteiger partial charge in [-0.15, -0.1) is 0 Å². The number of ether oxygens (including phenoxy) is 4. The van der Waals surface area contributed by atoms with Crippen molar-refractivity contribution >= 4 is 0 Å². The van der Waals surface area contributed by atoms with Crippen LogP contribution in [0.3, 0.4) is 0 Å². The van der Waals surface area contributed by atoms with Crippen LogP contribution in [0.4, 0.5) is 0 Å². The maximum Gasteiger partial charge on any atom is 0.119 e. The monoisotopic (exact) mass is 482 g/mol. The van der Waals surface area contributed by atoms with Gasteiger partial charge in [-0.1, -0.05) is 36.4 Å². The molecule has 0 heterocycles. The lowest BCUT2D eigenvalue weighted by Gasteiger charge is -2.13. The molecule has 0 aromatic heterocycles. The molecular weight excluding hydrogens is 448 g/mol. The highest BCUT2D eigenvalue weighted by Gasteiger charge is 2.09. The Morgan fingerprint density at radius 2 is 0.694 bits per heavy atom. The number of benzene rings is 4. The third kappa shape index (κ3) is 6.60. The molecule has 0 amide bonds. The van der Waals surface area contributed by atoms with E-state index in [0.717, 1.165) is 59.8 Å². The van der Waals surface area contributed by atoms with Gasteiger partial charge in [0.2, 0.25) is 0 Å². The second-order valence-electron chi connectivity index (χ2n) is 8.84. The number of hydrogen-bond acceptors (Lipinski definition) is 4. The van der Waals surface area contributed by atoms with Crippen molar-refractivity contribution in [1.82, 2.24) is 0 Å². The van der Waals surface area contributed by atoms with Gasteiger partial charge in [-0.05, 0) is 108 Å². The van der Waals surface area contributed by atoms with Crippen LogP contribution in [-0.4, -0.2) is 28.4 Å². The summed E-state index contributed by atoms with van der Waals surface area (Å²) in [5, 5.41) is 0. The zero-order chi connectivity index (χ0) is 25.3. The summed E-state index contributed by atoms with van der Waals surface area (Å²) >= 11 is 0. The summed E-state index contributed by atoms with van der Waals surface area (Å²) < 4.78 is 21.9. The zero-order valence-electron chi connectivity index (χ0n) is 21.5. The van der Waals surface area contributed by atoms with Crippen LogP contribution in [0.15, 0.2) is 84.9 Å². The van der Waals surface area contributed by atoms with Crippen molar-refractivity contribution in [3.05, 3.63) is 107 Å². The second kappa shape index (κ2) is 12.2. The molecule has 0 aliphatic heterocycles. The molecule has 4 aromatic rings. The van der Waals surface area contributed by atoms with Crippen LogP contribution in [0.5, 0.6) is 23.0 Å².